The standard InChI is InChI=1S/C22H36N2O5S/c1-2-3-16-30(27,28)24-21(22(25)26)17-19-7-9-20(10-8-19)29-15-5-4-6-18-11-13-23-14-12-18/h7-10,18,21,23-24H,2-6,11-17H2,1H3,(H,25,26)/t21-/m0/s1/i4D2,5D2,6D2. The van der Waals surface area contributed by atoms with Crippen molar-refractivity contribution < 1.29 is 31.3 Å². The van der Waals surface area contributed by atoms with Crippen LogP contribution in [0.5, 0.6) is 5.75 Å². The van der Waals surface area contributed by atoms with E-state index in [1.807, 2.05) is 6.92 Å². The van der Waals surface area contributed by atoms with E-state index in [-0.39, 0.29) is 17.9 Å². The Morgan fingerprint density at radius 1 is 1.30 bits per heavy atom. The highest BCUT2D eigenvalue weighted by atomic mass is 32.2. The molecule has 1 saturated heterocycles. The first-order valence-corrected chi connectivity index (χ1v) is 11.9. The minimum atomic E-state index is -3.74. The van der Waals surface area contributed by atoms with Crippen LogP contribution >= 0.6 is 0 Å². The van der Waals surface area contributed by atoms with Gasteiger partial charge in [0.25, 0.3) is 0 Å². The highest BCUT2D eigenvalue weighted by Crippen LogP contribution is 2.19. The molecule has 0 aromatic heterocycles. The lowest BCUT2D eigenvalue weighted by Crippen LogP contribution is -2.43. The van der Waals surface area contributed by atoms with E-state index in [2.05, 4.69) is 10.0 Å². The number of carboxylic acid groups (broad SMARTS) is 1. The quantitative estimate of drug-likeness (QED) is 0.406. The summed E-state index contributed by atoms with van der Waals surface area (Å²) in [5, 5.41) is 12.5. The molecule has 8 heteroatoms. The fourth-order valence-electron chi connectivity index (χ4n) is 3.02. The highest BCUT2D eigenvalue weighted by Gasteiger charge is 2.24. The molecular formula is C22H36N2O5S. The van der Waals surface area contributed by atoms with Gasteiger partial charge in [-0.1, -0.05) is 31.9 Å². The zero-order chi connectivity index (χ0) is 27.2. The Hall–Kier alpha value is -1.64. The third kappa shape index (κ3) is 9.45. The second kappa shape index (κ2) is 12.9. The summed E-state index contributed by atoms with van der Waals surface area (Å²) >= 11 is 0. The van der Waals surface area contributed by atoms with Crippen LogP contribution in [-0.2, 0) is 21.2 Å². The van der Waals surface area contributed by atoms with E-state index in [0.717, 1.165) is 0 Å². The number of aliphatic carboxylic acids is 1. The van der Waals surface area contributed by atoms with Crippen LogP contribution in [0.3, 0.4) is 0 Å². The molecule has 1 heterocycles. The van der Waals surface area contributed by atoms with Gasteiger partial charge < -0.3 is 15.2 Å². The number of unbranched alkanes of at least 4 members (excludes halogenated alkanes) is 1. The number of piperidine rings is 1. The van der Waals surface area contributed by atoms with Gasteiger partial charge >= 0.3 is 5.97 Å². The smallest absolute Gasteiger partial charge is 0.322 e. The molecule has 1 aliphatic rings. The molecule has 30 heavy (non-hydrogen) atoms. The van der Waals surface area contributed by atoms with Crippen molar-refractivity contribution in [2.24, 2.45) is 5.92 Å². The number of carbonyl (C=O) groups is 1. The van der Waals surface area contributed by atoms with Gasteiger partial charge in [-0.2, -0.15) is 0 Å². The van der Waals surface area contributed by atoms with Crippen molar-refractivity contribution >= 4 is 16.0 Å². The number of carboxylic acids is 1. The number of ether oxygens (including phenoxy) is 1. The van der Waals surface area contributed by atoms with Gasteiger partial charge in [-0.25, -0.2) is 13.1 Å². The van der Waals surface area contributed by atoms with Crippen LogP contribution in [0.15, 0.2) is 24.3 Å². The third-order valence-corrected chi connectivity index (χ3v) is 6.23. The maximum absolute atomic E-state index is 12.1. The van der Waals surface area contributed by atoms with Crippen LogP contribution in [0.4, 0.5) is 0 Å². The summed E-state index contributed by atoms with van der Waals surface area (Å²) in [6, 6.07) is 4.59. The lowest BCUT2D eigenvalue weighted by molar-refractivity contribution is -0.138. The molecule has 1 aromatic rings. The van der Waals surface area contributed by atoms with E-state index in [1.165, 1.54) is 24.3 Å². The Kier molecular flexibility index (Phi) is 7.31. The normalized spacial score (nSPS) is 20.7. The van der Waals surface area contributed by atoms with Gasteiger partial charge in [-0.15, -0.1) is 0 Å². The largest absolute Gasteiger partial charge is 0.494 e. The Labute approximate surface area is 189 Å². The van der Waals surface area contributed by atoms with Crippen molar-refractivity contribution in [3.05, 3.63) is 29.8 Å². The fraction of sp³-hybridized carbons (Fsp3) is 0.682. The number of rotatable bonds is 14. The van der Waals surface area contributed by atoms with Crippen molar-refractivity contribution in [1.82, 2.24) is 10.0 Å². The van der Waals surface area contributed by atoms with E-state index in [0.29, 0.717) is 44.3 Å². The molecule has 7 nitrogen and oxygen atoms in total. The lowest BCUT2D eigenvalue weighted by Gasteiger charge is -2.22. The Morgan fingerprint density at radius 3 is 2.63 bits per heavy atom. The van der Waals surface area contributed by atoms with Crippen LogP contribution < -0.4 is 14.8 Å². The summed E-state index contributed by atoms with van der Waals surface area (Å²) in [6.07, 6.45) is -6.06. The molecule has 0 unspecified atom stereocenters. The molecule has 170 valence electrons. The average Bonchev–Trinajstić information content (AvgIpc) is 2.82. The summed E-state index contributed by atoms with van der Waals surface area (Å²) in [5.74, 6) is -1.90. The molecule has 0 saturated carbocycles. The molecule has 0 radical (unpaired) electrons. The van der Waals surface area contributed by atoms with E-state index in [1.54, 1.807) is 0 Å². The monoisotopic (exact) mass is 446 g/mol. The Bertz CT molecular complexity index is 970. The van der Waals surface area contributed by atoms with Crippen molar-refractivity contribution in [1.29, 1.82) is 0 Å². The van der Waals surface area contributed by atoms with Crippen LogP contribution in [0.1, 0.15) is 65.5 Å². The van der Waals surface area contributed by atoms with E-state index in [4.69, 9.17) is 13.0 Å². The summed E-state index contributed by atoms with van der Waals surface area (Å²) < 4.78 is 81.7. The molecule has 0 bridgehead atoms. The Balaban J connectivity index is 2.03. The van der Waals surface area contributed by atoms with Crippen molar-refractivity contribution in [3.8, 4) is 5.75 Å². The second-order valence-electron chi connectivity index (χ2n) is 7.29. The van der Waals surface area contributed by atoms with Crippen molar-refractivity contribution in [2.45, 2.75) is 64.2 Å². The van der Waals surface area contributed by atoms with Gasteiger partial charge in [-0.05, 0) is 75.1 Å². The minimum Gasteiger partial charge on any atom is -0.494 e. The van der Waals surface area contributed by atoms with Crippen molar-refractivity contribution in [2.75, 3.05) is 25.4 Å². The lowest BCUT2D eigenvalue weighted by atomic mass is 9.93. The predicted octanol–water partition coefficient (Wildman–Crippen LogP) is 2.95. The molecule has 0 amide bonds. The molecule has 2 rings (SSSR count). The fourth-order valence-corrected chi connectivity index (χ4v) is 4.43. The molecule has 0 aliphatic carbocycles. The van der Waals surface area contributed by atoms with Gasteiger partial charge in [0.05, 0.1) is 12.4 Å². The molecule has 1 aromatic carbocycles. The van der Waals surface area contributed by atoms with E-state index >= 15 is 0 Å². The molecule has 1 aliphatic heterocycles. The van der Waals surface area contributed by atoms with E-state index in [9.17, 15) is 18.3 Å². The first-order valence-electron chi connectivity index (χ1n) is 13.3. The molecule has 0 spiro atoms. The van der Waals surface area contributed by atoms with Gasteiger partial charge in [-0.3, -0.25) is 4.79 Å². The summed E-state index contributed by atoms with van der Waals surface area (Å²) in [4.78, 5) is 11.6. The number of benzene rings is 1. The maximum Gasteiger partial charge on any atom is 0.322 e. The molecule has 1 fully saturated rings. The first-order chi connectivity index (χ1) is 16.6. The van der Waals surface area contributed by atoms with Crippen LogP contribution in [0.2, 0.25) is 0 Å². The van der Waals surface area contributed by atoms with Gasteiger partial charge in [0.1, 0.15) is 11.8 Å². The second-order valence-corrected chi connectivity index (χ2v) is 9.16. The van der Waals surface area contributed by atoms with E-state index < -0.39 is 53.7 Å². The third-order valence-electron chi connectivity index (χ3n) is 4.76. The predicted molar refractivity (Wildman–Crippen MR) is 118 cm³/mol. The zero-order valence-corrected chi connectivity index (χ0v) is 18.1. The number of hydrogen-bond donors (Lipinski definition) is 3. The SMILES string of the molecule is [2H]C([2H])(COc1ccc(C[C@H](NS(=O)(=O)CCCC)C(=O)O)cc1)C([2H])([2H])C([2H])([2H])C1CCNCC1. The molecule has 3 N–H and O–H groups in total. The van der Waals surface area contributed by atoms with Crippen LogP contribution in [0, 0.1) is 5.92 Å². The summed E-state index contributed by atoms with van der Waals surface area (Å²) in [5.41, 5.74) is 0.508. The summed E-state index contributed by atoms with van der Waals surface area (Å²) in [6.45, 7) is 2.21. The van der Waals surface area contributed by atoms with Gasteiger partial charge in [0.2, 0.25) is 10.0 Å². The van der Waals surface area contributed by atoms with Gasteiger partial charge in [0, 0.05) is 8.22 Å². The number of nitrogens with one attached hydrogen (secondary N) is 2. The Morgan fingerprint density at radius 2 is 2.00 bits per heavy atom. The summed E-state index contributed by atoms with van der Waals surface area (Å²) in [7, 11) is -3.74. The minimum absolute atomic E-state index is 0.110. The van der Waals surface area contributed by atoms with Crippen molar-refractivity contribution in [3.63, 3.8) is 0 Å². The van der Waals surface area contributed by atoms with Crippen LogP contribution in [-0.4, -0.2) is 51.0 Å². The van der Waals surface area contributed by atoms with Crippen LogP contribution in [0.25, 0.3) is 0 Å². The topological polar surface area (TPSA) is 105 Å². The number of sulfonamides is 1. The zero-order valence-electron chi connectivity index (χ0n) is 23.3. The highest BCUT2D eigenvalue weighted by molar-refractivity contribution is 7.89. The number of hydrogen-bond acceptors (Lipinski definition) is 5. The first kappa shape index (κ1) is 17.0. The molecule has 1 atom stereocenters. The molecular weight excluding hydrogens is 404 g/mol. The maximum atomic E-state index is 12.1. The van der Waals surface area contributed by atoms with Gasteiger partial charge in [0.15, 0.2) is 0 Å². The average molecular weight is 447 g/mol.